The number of nitrogens with one attached hydrogen (secondary N) is 1. The molecule has 1 rings (SSSR count). The normalized spacial score (nSPS) is 12.0. The number of rotatable bonds is 7. The van der Waals surface area contributed by atoms with Crippen molar-refractivity contribution in [3.63, 3.8) is 0 Å². The van der Waals surface area contributed by atoms with Crippen molar-refractivity contribution in [3.05, 3.63) is 16.1 Å². The van der Waals surface area contributed by atoms with Gasteiger partial charge >= 0.3 is 0 Å². The molecule has 0 spiro atoms. The van der Waals surface area contributed by atoms with E-state index in [0.717, 1.165) is 12.2 Å². The van der Waals surface area contributed by atoms with Gasteiger partial charge in [-0.15, -0.1) is 11.3 Å². The van der Waals surface area contributed by atoms with Crippen LogP contribution in [0.15, 0.2) is 5.38 Å². The van der Waals surface area contributed by atoms with Gasteiger partial charge in [-0.1, -0.05) is 33.6 Å². The summed E-state index contributed by atoms with van der Waals surface area (Å²) in [6, 6.07) is 0. The number of aryl methyl sites for hydroxylation is 1. The average molecular weight is 240 g/mol. The fourth-order valence-electron chi connectivity index (χ4n) is 2.36. The van der Waals surface area contributed by atoms with Gasteiger partial charge in [0.05, 0.1) is 5.54 Å². The first kappa shape index (κ1) is 13.7. The first-order valence-electron chi connectivity index (χ1n) is 6.36. The zero-order chi connectivity index (χ0) is 12.0. The van der Waals surface area contributed by atoms with Gasteiger partial charge in [0.15, 0.2) is 0 Å². The monoisotopic (exact) mass is 240 g/mol. The molecule has 92 valence electrons. The second-order valence-electron chi connectivity index (χ2n) is 4.41. The van der Waals surface area contributed by atoms with Crippen LogP contribution >= 0.6 is 11.3 Å². The van der Waals surface area contributed by atoms with E-state index in [2.05, 4.69) is 38.4 Å². The number of nitrogens with zero attached hydrogens (tertiary/aromatic N) is 1. The van der Waals surface area contributed by atoms with E-state index < -0.39 is 0 Å². The topological polar surface area (TPSA) is 24.9 Å². The van der Waals surface area contributed by atoms with Crippen LogP contribution in [0.1, 0.15) is 57.2 Å². The third-order valence-corrected chi connectivity index (χ3v) is 4.06. The van der Waals surface area contributed by atoms with Crippen molar-refractivity contribution in [3.8, 4) is 0 Å². The molecule has 0 aliphatic carbocycles. The van der Waals surface area contributed by atoms with Crippen LogP contribution in [0.4, 0.5) is 0 Å². The molecule has 1 heterocycles. The first-order chi connectivity index (χ1) is 7.68. The number of thiazole rings is 1. The summed E-state index contributed by atoms with van der Waals surface area (Å²) in [7, 11) is 0. The smallest absolute Gasteiger partial charge is 0.113 e. The summed E-state index contributed by atoms with van der Waals surface area (Å²) in [5.74, 6) is 0. The Labute approximate surface area is 103 Å². The van der Waals surface area contributed by atoms with Gasteiger partial charge in [-0.2, -0.15) is 0 Å². The maximum Gasteiger partial charge on any atom is 0.113 e. The molecule has 0 aliphatic heterocycles. The molecule has 16 heavy (non-hydrogen) atoms. The highest BCUT2D eigenvalue weighted by Gasteiger charge is 2.32. The molecular formula is C13H24N2S. The number of aromatic nitrogens is 1. The van der Waals surface area contributed by atoms with Gasteiger partial charge < -0.3 is 5.32 Å². The largest absolute Gasteiger partial charge is 0.306 e. The molecule has 0 aromatic carbocycles. The molecule has 2 nitrogen and oxygen atoms in total. The van der Waals surface area contributed by atoms with Crippen LogP contribution in [-0.2, 0) is 5.54 Å². The second kappa shape index (κ2) is 6.36. The predicted octanol–water partition coefficient (Wildman–Crippen LogP) is 3.86. The molecular weight excluding hydrogens is 216 g/mol. The van der Waals surface area contributed by atoms with Crippen molar-refractivity contribution in [2.75, 3.05) is 6.54 Å². The van der Waals surface area contributed by atoms with E-state index in [4.69, 9.17) is 4.98 Å². The molecule has 1 aromatic heterocycles. The quantitative estimate of drug-likeness (QED) is 0.783. The molecule has 0 atom stereocenters. The van der Waals surface area contributed by atoms with Crippen LogP contribution in [-0.4, -0.2) is 11.5 Å². The van der Waals surface area contributed by atoms with E-state index in [1.165, 1.54) is 30.7 Å². The highest BCUT2D eigenvalue weighted by atomic mass is 32.1. The fourth-order valence-corrected chi connectivity index (χ4v) is 3.39. The van der Waals surface area contributed by atoms with Crippen molar-refractivity contribution in [1.29, 1.82) is 0 Å². The van der Waals surface area contributed by atoms with Gasteiger partial charge in [-0.3, -0.25) is 0 Å². The predicted molar refractivity (Wildman–Crippen MR) is 72.0 cm³/mol. The van der Waals surface area contributed by atoms with Gasteiger partial charge in [0.2, 0.25) is 0 Å². The Morgan fingerprint density at radius 3 is 2.25 bits per heavy atom. The van der Waals surface area contributed by atoms with Crippen molar-refractivity contribution in [2.45, 2.75) is 58.9 Å². The second-order valence-corrected chi connectivity index (χ2v) is 5.26. The maximum atomic E-state index is 4.70. The summed E-state index contributed by atoms with van der Waals surface area (Å²) in [4.78, 5) is 4.70. The van der Waals surface area contributed by atoms with Crippen molar-refractivity contribution in [2.24, 2.45) is 0 Å². The minimum Gasteiger partial charge on any atom is -0.306 e. The Hall–Kier alpha value is -0.410. The minimum atomic E-state index is 0.122. The lowest BCUT2D eigenvalue weighted by molar-refractivity contribution is 0.285. The van der Waals surface area contributed by atoms with E-state index in [9.17, 15) is 0 Å². The summed E-state index contributed by atoms with van der Waals surface area (Å²) in [6.45, 7) is 9.78. The van der Waals surface area contributed by atoms with Crippen LogP contribution < -0.4 is 5.32 Å². The van der Waals surface area contributed by atoms with Gasteiger partial charge in [0, 0.05) is 11.1 Å². The van der Waals surface area contributed by atoms with Gasteiger partial charge in [-0.05, 0) is 26.3 Å². The van der Waals surface area contributed by atoms with Crippen LogP contribution in [0.25, 0.3) is 0 Å². The maximum absolute atomic E-state index is 4.70. The molecule has 0 bridgehead atoms. The molecule has 0 saturated heterocycles. The molecule has 1 N–H and O–H groups in total. The number of hydrogen-bond acceptors (Lipinski definition) is 3. The molecule has 0 aliphatic rings. The molecule has 3 heteroatoms. The third kappa shape index (κ3) is 3.05. The SMILES string of the molecule is CCCC(CCC)(NCC)c1nc(C)cs1. The fraction of sp³-hybridized carbons (Fsp3) is 0.769. The lowest BCUT2D eigenvalue weighted by Gasteiger charge is -2.32. The Morgan fingerprint density at radius 2 is 1.88 bits per heavy atom. The lowest BCUT2D eigenvalue weighted by Crippen LogP contribution is -2.42. The zero-order valence-electron chi connectivity index (χ0n) is 11.0. The molecule has 1 aromatic rings. The minimum absolute atomic E-state index is 0.122. The standard InChI is InChI=1S/C13H24N2S/c1-5-8-13(9-6-2,14-7-3)12-15-11(4)10-16-12/h10,14H,5-9H2,1-4H3. The van der Waals surface area contributed by atoms with Crippen molar-refractivity contribution >= 4 is 11.3 Å². The summed E-state index contributed by atoms with van der Waals surface area (Å²) in [5, 5.41) is 7.11. The van der Waals surface area contributed by atoms with E-state index in [1.54, 1.807) is 11.3 Å². The Morgan fingerprint density at radius 1 is 1.25 bits per heavy atom. The van der Waals surface area contributed by atoms with Crippen LogP contribution in [0.3, 0.4) is 0 Å². The first-order valence-corrected chi connectivity index (χ1v) is 7.24. The number of hydrogen-bond donors (Lipinski definition) is 1. The van der Waals surface area contributed by atoms with Crippen molar-refractivity contribution < 1.29 is 0 Å². The van der Waals surface area contributed by atoms with E-state index in [1.807, 2.05) is 0 Å². The van der Waals surface area contributed by atoms with Crippen LogP contribution in [0, 0.1) is 6.92 Å². The van der Waals surface area contributed by atoms with Gasteiger partial charge in [-0.25, -0.2) is 4.98 Å². The Balaban J connectivity index is 2.98. The van der Waals surface area contributed by atoms with E-state index >= 15 is 0 Å². The molecule has 0 fully saturated rings. The summed E-state index contributed by atoms with van der Waals surface area (Å²) in [5.41, 5.74) is 1.27. The zero-order valence-corrected chi connectivity index (χ0v) is 11.8. The van der Waals surface area contributed by atoms with Crippen LogP contribution in [0.5, 0.6) is 0 Å². The van der Waals surface area contributed by atoms with E-state index in [0.29, 0.717) is 0 Å². The average Bonchev–Trinajstić information content (AvgIpc) is 2.66. The lowest BCUT2D eigenvalue weighted by atomic mass is 9.89. The molecule has 0 unspecified atom stereocenters. The van der Waals surface area contributed by atoms with Gasteiger partial charge in [0.25, 0.3) is 0 Å². The summed E-state index contributed by atoms with van der Waals surface area (Å²) < 4.78 is 0. The van der Waals surface area contributed by atoms with Crippen molar-refractivity contribution in [1.82, 2.24) is 10.3 Å². The molecule has 0 amide bonds. The van der Waals surface area contributed by atoms with Gasteiger partial charge in [0.1, 0.15) is 5.01 Å². The summed E-state index contributed by atoms with van der Waals surface area (Å²) in [6.07, 6.45) is 4.76. The van der Waals surface area contributed by atoms with E-state index in [-0.39, 0.29) is 5.54 Å². The highest BCUT2D eigenvalue weighted by Crippen LogP contribution is 2.33. The third-order valence-electron chi connectivity index (χ3n) is 2.90. The molecule has 0 radical (unpaired) electrons. The Bertz CT molecular complexity index is 290. The summed E-state index contributed by atoms with van der Waals surface area (Å²) >= 11 is 1.80. The molecule has 0 saturated carbocycles. The highest BCUT2D eigenvalue weighted by molar-refractivity contribution is 7.09. The van der Waals surface area contributed by atoms with Crippen LogP contribution in [0.2, 0.25) is 0 Å². The Kier molecular flexibility index (Phi) is 5.42.